The summed E-state index contributed by atoms with van der Waals surface area (Å²) >= 11 is 0. The fourth-order valence-corrected chi connectivity index (χ4v) is 3.93. The van der Waals surface area contributed by atoms with E-state index in [1.807, 2.05) is 6.92 Å². The van der Waals surface area contributed by atoms with Crippen LogP contribution in [0.4, 0.5) is 5.69 Å². The molecule has 1 aromatic rings. The lowest BCUT2D eigenvalue weighted by atomic mass is 10.0. The van der Waals surface area contributed by atoms with Crippen molar-refractivity contribution in [2.45, 2.75) is 37.5 Å². The quantitative estimate of drug-likeness (QED) is 0.164. The topological polar surface area (TPSA) is 159 Å². The van der Waals surface area contributed by atoms with Crippen molar-refractivity contribution < 1.29 is 18.1 Å². The summed E-state index contributed by atoms with van der Waals surface area (Å²) < 4.78 is 25.1. The fourth-order valence-electron chi connectivity index (χ4n) is 2.36. The number of allylic oxidation sites excluding steroid dienone is 1. The molecule has 0 bridgehead atoms. The number of sulfone groups is 1. The van der Waals surface area contributed by atoms with Crippen LogP contribution in [0.25, 0.3) is 0 Å². The van der Waals surface area contributed by atoms with Crippen LogP contribution in [0.5, 0.6) is 0 Å². The summed E-state index contributed by atoms with van der Waals surface area (Å²) in [5, 5.41) is 11.4. The summed E-state index contributed by atoms with van der Waals surface area (Å²) in [5.41, 5.74) is 9.78. The van der Waals surface area contributed by atoms with E-state index in [0.29, 0.717) is 12.8 Å². The molecular weight excluding hydrogens is 360 g/mol. The first kappa shape index (κ1) is 21.3. The Labute approximate surface area is 151 Å². The lowest BCUT2D eigenvalue weighted by Gasteiger charge is -2.10. The van der Waals surface area contributed by atoms with Crippen LogP contribution in [0.1, 0.15) is 42.1 Å². The Bertz CT molecular complexity index is 842. The van der Waals surface area contributed by atoms with E-state index in [-0.39, 0.29) is 23.3 Å². The van der Waals surface area contributed by atoms with Gasteiger partial charge in [-0.05, 0) is 24.5 Å². The molecule has 0 fully saturated rings. The molecule has 0 aliphatic heterocycles. The van der Waals surface area contributed by atoms with Crippen LogP contribution in [0, 0.1) is 10.1 Å². The average Bonchev–Trinajstić information content (AvgIpc) is 2.54. The molecule has 1 amide bonds. The summed E-state index contributed by atoms with van der Waals surface area (Å²) in [5.74, 6) is -1.60. The highest BCUT2D eigenvalue weighted by Gasteiger charge is 2.29. The SMILES string of the molecule is C=CCc1cc(S(=O)(=O)CCCCC)c([N+](=O)[O-])cc1C(=O)N=C(N)N. The Hall–Kier alpha value is -2.75. The van der Waals surface area contributed by atoms with E-state index in [9.17, 15) is 23.3 Å². The third-order valence-electron chi connectivity index (χ3n) is 3.56. The molecule has 1 rings (SSSR count). The summed E-state index contributed by atoms with van der Waals surface area (Å²) in [6.45, 7) is 5.47. The number of carbonyl (C=O) groups is 1. The zero-order valence-corrected chi connectivity index (χ0v) is 15.3. The second-order valence-corrected chi connectivity index (χ2v) is 7.67. The predicted molar refractivity (Wildman–Crippen MR) is 98.7 cm³/mol. The maximum Gasteiger partial charge on any atom is 0.288 e. The number of rotatable bonds is 9. The van der Waals surface area contributed by atoms with Crippen molar-refractivity contribution >= 4 is 27.4 Å². The number of nitro benzene ring substituents is 1. The van der Waals surface area contributed by atoms with E-state index in [4.69, 9.17) is 11.5 Å². The van der Waals surface area contributed by atoms with Gasteiger partial charge in [-0.25, -0.2) is 8.42 Å². The number of aliphatic imine (C=N–C) groups is 1. The minimum Gasteiger partial charge on any atom is -0.370 e. The summed E-state index contributed by atoms with van der Waals surface area (Å²) in [6, 6.07) is 2.04. The molecule has 0 aromatic heterocycles. The van der Waals surface area contributed by atoms with Crippen molar-refractivity contribution in [2.75, 3.05) is 5.75 Å². The number of nitrogens with two attached hydrogens (primary N) is 2. The van der Waals surface area contributed by atoms with Gasteiger partial charge in [0, 0.05) is 6.07 Å². The Balaban J connectivity index is 3.59. The van der Waals surface area contributed by atoms with Crippen molar-refractivity contribution in [1.29, 1.82) is 0 Å². The number of benzene rings is 1. The molecule has 0 atom stereocenters. The molecule has 0 spiro atoms. The molecule has 0 aliphatic rings. The Morgan fingerprint density at radius 3 is 2.50 bits per heavy atom. The molecule has 0 radical (unpaired) electrons. The first-order valence-corrected chi connectivity index (χ1v) is 9.58. The first-order chi connectivity index (χ1) is 12.1. The lowest BCUT2D eigenvalue weighted by Crippen LogP contribution is -2.24. The van der Waals surface area contributed by atoms with Gasteiger partial charge in [0.2, 0.25) is 0 Å². The zero-order valence-electron chi connectivity index (χ0n) is 14.5. The third-order valence-corrected chi connectivity index (χ3v) is 5.38. The Kier molecular flexibility index (Phi) is 7.44. The normalized spacial score (nSPS) is 11.0. The van der Waals surface area contributed by atoms with Crippen LogP contribution >= 0.6 is 0 Å². The number of unbranched alkanes of at least 4 members (excludes halogenated alkanes) is 2. The van der Waals surface area contributed by atoms with Crippen molar-refractivity contribution in [3.8, 4) is 0 Å². The molecule has 9 nitrogen and oxygen atoms in total. The largest absolute Gasteiger partial charge is 0.370 e. The molecule has 10 heteroatoms. The molecule has 0 aliphatic carbocycles. The van der Waals surface area contributed by atoms with Gasteiger partial charge in [-0.3, -0.25) is 14.9 Å². The van der Waals surface area contributed by atoms with E-state index in [0.717, 1.165) is 18.6 Å². The smallest absolute Gasteiger partial charge is 0.288 e. The fraction of sp³-hybridized carbons (Fsp3) is 0.375. The van der Waals surface area contributed by atoms with Crippen LogP contribution < -0.4 is 11.5 Å². The van der Waals surface area contributed by atoms with Crippen LogP contribution in [0.15, 0.2) is 34.7 Å². The summed E-state index contributed by atoms with van der Waals surface area (Å²) in [4.78, 5) is 25.6. The van der Waals surface area contributed by atoms with Gasteiger partial charge in [-0.2, -0.15) is 4.99 Å². The Morgan fingerprint density at radius 2 is 2.00 bits per heavy atom. The van der Waals surface area contributed by atoms with E-state index < -0.39 is 37.2 Å². The number of nitro groups is 1. The standard InChI is InChI=1S/C16H22N4O5S/c1-3-5-6-8-26(24,25)14-9-11(7-4-2)12(10-13(14)20(22)23)15(21)19-16(17)18/h4,9-10H,2-3,5-8H2,1H3,(H4,17,18,19,21). The van der Waals surface area contributed by atoms with Crippen LogP contribution in [-0.4, -0.2) is 31.0 Å². The molecule has 26 heavy (non-hydrogen) atoms. The minimum atomic E-state index is -3.89. The molecule has 4 N–H and O–H groups in total. The van der Waals surface area contributed by atoms with Gasteiger partial charge in [-0.1, -0.05) is 25.8 Å². The number of guanidine groups is 1. The van der Waals surface area contributed by atoms with Gasteiger partial charge < -0.3 is 11.5 Å². The summed E-state index contributed by atoms with van der Waals surface area (Å²) in [6.07, 6.45) is 3.46. The zero-order chi connectivity index (χ0) is 19.9. The average molecular weight is 382 g/mol. The van der Waals surface area contributed by atoms with Gasteiger partial charge in [0.05, 0.1) is 16.2 Å². The number of hydrogen-bond donors (Lipinski definition) is 2. The minimum absolute atomic E-state index is 0.122. The molecule has 0 saturated carbocycles. The molecule has 0 unspecified atom stereocenters. The number of hydrogen-bond acceptors (Lipinski definition) is 5. The lowest BCUT2D eigenvalue weighted by molar-refractivity contribution is -0.387. The first-order valence-electron chi connectivity index (χ1n) is 7.93. The Morgan fingerprint density at radius 1 is 1.35 bits per heavy atom. The highest BCUT2D eigenvalue weighted by atomic mass is 32.2. The van der Waals surface area contributed by atoms with E-state index in [1.165, 1.54) is 6.08 Å². The van der Waals surface area contributed by atoms with E-state index in [2.05, 4.69) is 11.6 Å². The van der Waals surface area contributed by atoms with Crippen LogP contribution in [0.3, 0.4) is 0 Å². The van der Waals surface area contributed by atoms with E-state index >= 15 is 0 Å². The maximum absolute atomic E-state index is 12.6. The van der Waals surface area contributed by atoms with Crippen LogP contribution in [0.2, 0.25) is 0 Å². The van der Waals surface area contributed by atoms with Gasteiger partial charge >= 0.3 is 0 Å². The number of amides is 1. The van der Waals surface area contributed by atoms with Gasteiger partial charge in [0.1, 0.15) is 4.90 Å². The number of nitrogens with zero attached hydrogens (tertiary/aromatic N) is 2. The molecular formula is C16H22N4O5S. The maximum atomic E-state index is 12.6. The van der Waals surface area contributed by atoms with Crippen molar-refractivity contribution in [2.24, 2.45) is 16.5 Å². The molecule has 0 heterocycles. The van der Waals surface area contributed by atoms with Gasteiger partial charge in [-0.15, -0.1) is 6.58 Å². The second kappa shape index (κ2) is 9.09. The molecule has 0 saturated heterocycles. The number of carbonyl (C=O) groups excluding carboxylic acids is 1. The molecule has 142 valence electrons. The predicted octanol–water partition coefficient (Wildman–Crippen LogP) is 1.70. The highest BCUT2D eigenvalue weighted by Crippen LogP contribution is 2.30. The van der Waals surface area contributed by atoms with Crippen molar-refractivity contribution in [1.82, 2.24) is 0 Å². The molecule has 1 aromatic carbocycles. The van der Waals surface area contributed by atoms with Gasteiger partial charge in [0.25, 0.3) is 11.6 Å². The highest BCUT2D eigenvalue weighted by molar-refractivity contribution is 7.91. The monoisotopic (exact) mass is 382 g/mol. The van der Waals surface area contributed by atoms with E-state index in [1.54, 1.807) is 0 Å². The summed E-state index contributed by atoms with van der Waals surface area (Å²) in [7, 11) is -3.89. The van der Waals surface area contributed by atoms with Gasteiger partial charge in [0.15, 0.2) is 15.8 Å². The third kappa shape index (κ3) is 5.38. The van der Waals surface area contributed by atoms with Crippen LogP contribution in [-0.2, 0) is 16.3 Å². The van der Waals surface area contributed by atoms with Crippen molar-refractivity contribution in [3.05, 3.63) is 46.0 Å². The van der Waals surface area contributed by atoms with Crippen molar-refractivity contribution in [3.63, 3.8) is 0 Å². The second-order valence-electron chi connectivity index (χ2n) is 5.59.